The quantitative estimate of drug-likeness (QED) is 0.577. The lowest BCUT2D eigenvalue weighted by Crippen LogP contribution is -1.99. The Hall–Kier alpha value is -2.87. The molecule has 3 rings (SSSR count). The summed E-state index contributed by atoms with van der Waals surface area (Å²) in [4.78, 5) is 4.85. The van der Waals surface area contributed by atoms with E-state index in [0.717, 1.165) is 33.7 Å². The number of nitrogens with zero attached hydrogens (tertiary/aromatic N) is 2. The highest BCUT2D eigenvalue weighted by atomic mass is 15.1. The van der Waals surface area contributed by atoms with Gasteiger partial charge in [0.2, 0.25) is 0 Å². The molecule has 0 amide bonds. The fourth-order valence-electron chi connectivity index (χ4n) is 2.59. The van der Waals surface area contributed by atoms with Gasteiger partial charge in [-0.05, 0) is 38.1 Å². The maximum Gasteiger partial charge on any atom is 0.145 e. The van der Waals surface area contributed by atoms with Crippen LogP contribution < -0.4 is 0 Å². The van der Waals surface area contributed by atoms with Gasteiger partial charge < -0.3 is 0 Å². The van der Waals surface area contributed by atoms with Crippen molar-refractivity contribution in [3.8, 4) is 5.69 Å². The normalized spacial score (nSPS) is 12.2. The summed E-state index contributed by atoms with van der Waals surface area (Å²) >= 11 is 0. The van der Waals surface area contributed by atoms with Crippen LogP contribution in [0.25, 0.3) is 22.3 Å². The Morgan fingerprint density at radius 2 is 1.70 bits per heavy atom. The second-order valence-corrected chi connectivity index (χ2v) is 5.52. The lowest BCUT2D eigenvalue weighted by molar-refractivity contribution is 1.06. The molecular weight excluding hydrogens is 280 g/mol. The Morgan fingerprint density at radius 3 is 2.39 bits per heavy atom. The molecule has 0 saturated carbocycles. The van der Waals surface area contributed by atoms with Crippen molar-refractivity contribution in [2.24, 2.45) is 0 Å². The van der Waals surface area contributed by atoms with E-state index in [1.54, 1.807) is 0 Å². The largest absolute Gasteiger partial charge is 0.292 e. The van der Waals surface area contributed by atoms with Gasteiger partial charge in [0.1, 0.15) is 5.82 Å². The van der Waals surface area contributed by atoms with Gasteiger partial charge in [-0.2, -0.15) is 0 Å². The second kappa shape index (κ2) is 6.49. The van der Waals surface area contributed by atoms with Crippen molar-refractivity contribution in [3.63, 3.8) is 0 Å². The summed E-state index contributed by atoms with van der Waals surface area (Å²) in [6.07, 6.45) is 6.17. The zero-order chi connectivity index (χ0) is 16.2. The highest BCUT2D eigenvalue weighted by Crippen LogP contribution is 2.26. The predicted molar refractivity (Wildman–Crippen MR) is 98.7 cm³/mol. The average molecular weight is 300 g/mol. The van der Waals surface area contributed by atoms with E-state index in [1.807, 2.05) is 56.3 Å². The van der Waals surface area contributed by atoms with Crippen LogP contribution in [0.15, 0.2) is 85.0 Å². The molecule has 0 saturated heterocycles. The van der Waals surface area contributed by atoms with Crippen LogP contribution in [0, 0.1) is 0 Å². The van der Waals surface area contributed by atoms with Gasteiger partial charge in [-0.15, -0.1) is 0 Å². The van der Waals surface area contributed by atoms with Crippen LogP contribution in [0.4, 0.5) is 0 Å². The van der Waals surface area contributed by atoms with Crippen molar-refractivity contribution in [1.29, 1.82) is 0 Å². The number of hydrogen-bond donors (Lipinski definition) is 0. The fraction of sp³-hybridized carbons (Fsp3) is 0.0952. The van der Waals surface area contributed by atoms with Crippen LogP contribution in [0.3, 0.4) is 0 Å². The SMILES string of the molecule is C=C(C)/C=C\C(=C/C)c1nc2ccccc2n1-c1ccccc1. The van der Waals surface area contributed by atoms with Crippen molar-refractivity contribution in [2.45, 2.75) is 13.8 Å². The van der Waals surface area contributed by atoms with Gasteiger partial charge in [0, 0.05) is 11.3 Å². The van der Waals surface area contributed by atoms with Crippen molar-refractivity contribution in [1.82, 2.24) is 9.55 Å². The maximum absolute atomic E-state index is 4.85. The van der Waals surface area contributed by atoms with E-state index < -0.39 is 0 Å². The molecule has 0 aliphatic rings. The van der Waals surface area contributed by atoms with Crippen molar-refractivity contribution >= 4 is 16.6 Å². The van der Waals surface area contributed by atoms with E-state index in [1.165, 1.54) is 0 Å². The minimum absolute atomic E-state index is 0.942. The van der Waals surface area contributed by atoms with E-state index in [4.69, 9.17) is 4.98 Å². The molecule has 0 aliphatic heterocycles. The van der Waals surface area contributed by atoms with Crippen LogP contribution in [-0.4, -0.2) is 9.55 Å². The zero-order valence-electron chi connectivity index (χ0n) is 13.5. The fourth-order valence-corrected chi connectivity index (χ4v) is 2.59. The van der Waals surface area contributed by atoms with Gasteiger partial charge in [0.05, 0.1) is 11.0 Å². The van der Waals surface area contributed by atoms with E-state index in [9.17, 15) is 0 Å². The summed E-state index contributed by atoms with van der Waals surface area (Å²) in [5.74, 6) is 0.942. The molecule has 23 heavy (non-hydrogen) atoms. The molecule has 1 aromatic heterocycles. The van der Waals surface area contributed by atoms with Crippen LogP contribution >= 0.6 is 0 Å². The number of hydrogen-bond acceptors (Lipinski definition) is 1. The van der Waals surface area contributed by atoms with E-state index >= 15 is 0 Å². The molecule has 0 atom stereocenters. The number of allylic oxidation sites excluding steroid dienone is 5. The topological polar surface area (TPSA) is 17.8 Å². The van der Waals surface area contributed by atoms with E-state index in [2.05, 4.69) is 41.5 Å². The number of fused-ring (bicyclic) bond motifs is 1. The third-order valence-electron chi connectivity index (χ3n) is 3.69. The highest BCUT2D eigenvalue weighted by molar-refractivity contribution is 5.84. The Morgan fingerprint density at radius 1 is 1.00 bits per heavy atom. The second-order valence-electron chi connectivity index (χ2n) is 5.52. The van der Waals surface area contributed by atoms with E-state index in [-0.39, 0.29) is 0 Å². The lowest BCUT2D eigenvalue weighted by Gasteiger charge is -2.10. The summed E-state index contributed by atoms with van der Waals surface area (Å²) in [6.45, 7) is 7.96. The molecule has 0 bridgehead atoms. The lowest BCUT2D eigenvalue weighted by atomic mass is 10.2. The molecule has 0 N–H and O–H groups in total. The molecule has 3 aromatic rings. The first kappa shape index (κ1) is 15.0. The molecule has 0 aliphatic carbocycles. The van der Waals surface area contributed by atoms with Crippen LogP contribution in [0.5, 0.6) is 0 Å². The molecular formula is C21H20N2. The van der Waals surface area contributed by atoms with Crippen LogP contribution in [-0.2, 0) is 0 Å². The molecule has 0 radical (unpaired) electrons. The van der Waals surface area contributed by atoms with Crippen molar-refractivity contribution < 1.29 is 0 Å². The van der Waals surface area contributed by atoms with Gasteiger partial charge >= 0.3 is 0 Å². The van der Waals surface area contributed by atoms with Crippen LogP contribution in [0.1, 0.15) is 19.7 Å². The Kier molecular flexibility index (Phi) is 4.24. The Bertz CT molecular complexity index is 896. The summed E-state index contributed by atoms with van der Waals surface area (Å²) in [7, 11) is 0. The minimum atomic E-state index is 0.942. The standard InChI is InChI=1S/C21H20N2/c1-4-17(15-14-16(2)3)21-22-19-12-8-9-13-20(19)23(21)18-10-6-5-7-11-18/h4-15H,2H2,1,3H3/b15-14-,17-4+. The third kappa shape index (κ3) is 3.02. The minimum Gasteiger partial charge on any atom is -0.292 e. The smallest absolute Gasteiger partial charge is 0.145 e. The van der Waals surface area contributed by atoms with E-state index in [0.29, 0.717) is 0 Å². The van der Waals surface area contributed by atoms with Crippen molar-refractivity contribution in [3.05, 3.63) is 90.8 Å². The summed E-state index contributed by atoms with van der Waals surface area (Å²) in [5.41, 5.74) is 5.31. The number of para-hydroxylation sites is 3. The first-order valence-corrected chi connectivity index (χ1v) is 7.74. The van der Waals surface area contributed by atoms with Gasteiger partial charge in [0.15, 0.2) is 0 Å². The predicted octanol–water partition coefficient (Wildman–Crippen LogP) is 5.56. The Labute approximate surface area is 137 Å². The third-order valence-corrected chi connectivity index (χ3v) is 3.69. The zero-order valence-corrected chi connectivity index (χ0v) is 13.5. The highest BCUT2D eigenvalue weighted by Gasteiger charge is 2.13. The van der Waals surface area contributed by atoms with Gasteiger partial charge in [-0.3, -0.25) is 4.57 Å². The molecule has 2 heteroatoms. The van der Waals surface area contributed by atoms with Gasteiger partial charge in [0.25, 0.3) is 0 Å². The first-order chi connectivity index (χ1) is 11.2. The molecule has 0 unspecified atom stereocenters. The summed E-state index contributed by atoms with van der Waals surface area (Å²) in [6, 6.07) is 18.6. The number of aromatic nitrogens is 2. The number of benzene rings is 2. The van der Waals surface area contributed by atoms with Gasteiger partial charge in [-0.25, -0.2) is 4.98 Å². The molecule has 2 nitrogen and oxygen atoms in total. The molecule has 114 valence electrons. The number of imidazole rings is 1. The Balaban J connectivity index is 2.26. The average Bonchev–Trinajstić information content (AvgIpc) is 2.95. The molecule has 1 heterocycles. The summed E-state index contributed by atoms with van der Waals surface area (Å²) < 4.78 is 2.20. The monoisotopic (exact) mass is 300 g/mol. The molecule has 0 fully saturated rings. The number of rotatable bonds is 4. The maximum atomic E-state index is 4.85. The van der Waals surface area contributed by atoms with Crippen molar-refractivity contribution in [2.75, 3.05) is 0 Å². The summed E-state index contributed by atoms with van der Waals surface area (Å²) in [5, 5.41) is 0. The molecule has 0 spiro atoms. The van der Waals surface area contributed by atoms with Crippen LogP contribution in [0.2, 0.25) is 0 Å². The van der Waals surface area contributed by atoms with Gasteiger partial charge in [-0.1, -0.05) is 60.7 Å². The molecule has 2 aromatic carbocycles. The first-order valence-electron chi connectivity index (χ1n) is 7.74.